The van der Waals surface area contributed by atoms with E-state index in [1.165, 1.54) is 19.2 Å². The third-order valence-corrected chi connectivity index (χ3v) is 2.18. The van der Waals surface area contributed by atoms with Gasteiger partial charge in [0.05, 0.1) is 12.7 Å². The first-order valence-electron chi connectivity index (χ1n) is 4.58. The Bertz CT molecular complexity index is 374. The number of benzene rings is 1. The quantitative estimate of drug-likeness (QED) is 0.771. The van der Waals surface area contributed by atoms with Crippen LogP contribution in [0.3, 0.4) is 0 Å². The molecule has 1 aromatic rings. The van der Waals surface area contributed by atoms with Crippen molar-refractivity contribution in [3.63, 3.8) is 0 Å². The van der Waals surface area contributed by atoms with Gasteiger partial charge < -0.3 is 9.84 Å². The zero-order chi connectivity index (χ0) is 11.4. The molecule has 0 saturated heterocycles. The maximum Gasteiger partial charge on any atom is 0.338 e. The number of rotatable bonds is 3. The molecule has 0 atom stereocenters. The van der Waals surface area contributed by atoms with Crippen molar-refractivity contribution in [2.45, 2.75) is 13.3 Å². The largest absolute Gasteiger partial charge is 0.465 e. The number of methoxy groups -OCH3 is 1. The van der Waals surface area contributed by atoms with Crippen molar-refractivity contribution in [1.29, 1.82) is 0 Å². The van der Waals surface area contributed by atoms with Crippen molar-refractivity contribution in [3.8, 4) is 0 Å². The average molecular weight is 212 g/mol. The molecule has 0 aromatic heterocycles. The molecule has 0 bridgehead atoms. The molecule has 4 heteroatoms. The maximum absolute atomic E-state index is 13.3. The third kappa shape index (κ3) is 2.53. The number of aryl methyl sites for hydroxylation is 1. The van der Waals surface area contributed by atoms with Crippen molar-refractivity contribution in [3.05, 3.63) is 34.6 Å². The fourth-order valence-corrected chi connectivity index (χ4v) is 1.36. The van der Waals surface area contributed by atoms with E-state index in [2.05, 4.69) is 4.74 Å². The van der Waals surface area contributed by atoms with Gasteiger partial charge >= 0.3 is 5.97 Å². The average Bonchev–Trinajstić information content (AvgIpc) is 2.21. The Morgan fingerprint density at radius 2 is 2.20 bits per heavy atom. The summed E-state index contributed by atoms with van der Waals surface area (Å²) in [5.74, 6) is -0.902. The van der Waals surface area contributed by atoms with E-state index in [9.17, 15) is 9.18 Å². The van der Waals surface area contributed by atoms with Gasteiger partial charge in [0, 0.05) is 6.61 Å². The highest BCUT2D eigenvalue weighted by molar-refractivity contribution is 5.91. The second-order valence-corrected chi connectivity index (χ2v) is 3.22. The molecule has 1 N–H and O–H groups in total. The first-order chi connectivity index (χ1) is 7.10. The van der Waals surface area contributed by atoms with Gasteiger partial charge in [-0.25, -0.2) is 9.18 Å². The van der Waals surface area contributed by atoms with E-state index in [0.29, 0.717) is 16.7 Å². The van der Waals surface area contributed by atoms with Crippen LogP contribution < -0.4 is 0 Å². The number of hydrogen-bond acceptors (Lipinski definition) is 3. The Morgan fingerprint density at radius 1 is 1.53 bits per heavy atom. The smallest absolute Gasteiger partial charge is 0.338 e. The molecule has 0 saturated carbocycles. The summed E-state index contributed by atoms with van der Waals surface area (Å²) in [6.07, 6.45) is 0.191. The molecule has 1 rings (SSSR count). The molecular weight excluding hydrogens is 199 g/mol. The second-order valence-electron chi connectivity index (χ2n) is 3.22. The lowest BCUT2D eigenvalue weighted by Crippen LogP contribution is -2.07. The summed E-state index contributed by atoms with van der Waals surface area (Å²) in [7, 11) is 1.27. The number of ether oxygens (including phenoxy) is 1. The summed E-state index contributed by atoms with van der Waals surface area (Å²) >= 11 is 0. The van der Waals surface area contributed by atoms with E-state index < -0.39 is 11.8 Å². The van der Waals surface area contributed by atoms with E-state index in [1.54, 1.807) is 6.92 Å². The summed E-state index contributed by atoms with van der Waals surface area (Å²) in [4.78, 5) is 11.3. The second kappa shape index (κ2) is 4.89. The number of esters is 1. The molecule has 82 valence electrons. The Hall–Kier alpha value is -1.42. The van der Waals surface area contributed by atoms with Gasteiger partial charge in [-0.1, -0.05) is 0 Å². The number of aliphatic hydroxyl groups is 1. The van der Waals surface area contributed by atoms with E-state index >= 15 is 0 Å². The van der Waals surface area contributed by atoms with Gasteiger partial charge in [0.15, 0.2) is 0 Å². The normalized spacial score (nSPS) is 10.1. The lowest BCUT2D eigenvalue weighted by Gasteiger charge is -2.07. The van der Waals surface area contributed by atoms with Crippen LogP contribution in [-0.2, 0) is 11.2 Å². The fourth-order valence-electron chi connectivity index (χ4n) is 1.36. The summed E-state index contributed by atoms with van der Waals surface area (Å²) < 4.78 is 17.9. The molecule has 3 nitrogen and oxygen atoms in total. The van der Waals surface area contributed by atoms with Crippen LogP contribution in [0.5, 0.6) is 0 Å². The van der Waals surface area contributed by atoms with Crippen LogP contribution in [0.25, 0.3) is 0 Å². The molecule has 1 aromatic carbocycles. The Balaban J connectivity index is 3.17. The van der Waals surface area contributed by atoms with Crippen LogP contribution in [-0.4, -0.2) is 24.8 Å². The van der Waals surface area contributed by atoms with Crippen LogP contribution in [0.15, 0.2) is 12.1 Å². The zero-order valence-corrected chi connectivity index (χ0v) is 8.71. The van der Waals surface area contributed by atoms with Gasteiger partial charge in [0.1, 0.15) is 5.82 Å². The van der Waals surface area contributed by atoms with Crippen molar-refractivity contribution in [2.75, 3.05) is 13.7 Å². The highest BCUT2D eigenvalue weighted by Gasteiger charge is 2.13. The number of carbonyl (C=O) groups excluding carboxylic acids is 1. The Kier molecular flexibility index (Phi) is 3.80. The monoisotopic (exact) mass is 212 g/mol. The SMILES string of the molecule is COC(=O)c1cc(CCO)c(F)cc1C. The number of hydrogen-bond donors (Lipinski definition) is 1. The van der Waals surface area contributed by atoms with Gasteiger partial charge in [0.25, 0.3) is 0 Å². The van der Waals surface area contributed by atoms with Crippen molar-refractivity contribution in [2.24, 2.45) is 0 Å². The molecule has 0 aliphatic heterocycles. The molecule has 0 fully saturated rings. The lowest BCUT2D eigenvalue weighted by atomic mass is 10.0. The van der Waals surface area contributed by atoms with Gasteiger partial charge in [-0.05, 0) is 36.6 Å². The van der Waals surface area contributed by atoms with Crippen LogP contribution in [0.4, 0.5) is 4.39 Å². The van der Waals surface area contributed by atoms with Gasteiger partial charge in [-0.2, -0.15) is 0 Å². The van der Waals surface area contributed by atoms with E-state index in [4.69, 9.17) is 5.11 Å². The summed E-state index contributed by atoms with van der Waals surface area (Å²) in [6, 6.07) is 2.70. The van der Waals surface area contributed by atoms with Gasteiger partial charge in [-0.15, -0.1) is 0 Å². The molecule has 0 spiro atoms. The predicted molar refractivity (Wildman–Crippen MR) is 53.3 cm³/mol. The zero-order valence-electron chi connectivity index (χ0n) is 8.71. The molecule has 15 heavy (non-hydrogen) atoms. The van der Waals surface area contributed by atoms with E-state index in [1.807, 2.05) is 0 Å². The van der Waals surface area contributed by atoms with Gasteiger partial charge in [-0.3, -0.25) is 0 Å². The molecule has 0 radical (unpaired) electrons. The highest BCUT2D eigenvalue weighted by atomic mass is 19.1. The van der Waals surface area contributed by atoms with Gasteiger partial charge in [0.2, 0.25) is 0 Å². The van der Waals surface area contributed by atoms with Crippen LogP contribution in [0.1, 0.15) is 21.5 Å². The molecule has 0 unspecified atom stereocenters. The number of carbonyl (C=O) groups is 1. The molecule has 0 aliphatic rings. The van der Waals surface area contributed by atoms with Crippen LogP contribution >= 0.6 is 0 Å². The Labute approximate surface area is 87.5 Å². The highest BCUT2D eigenvalue weighted by Crippen LogP contribution is 2.16. The molecular formula is C11H13FO3. The minimum absolute atomic E-state index is 0.152. The maximum atomic E-state index is 13.3. The molecule has 0 heterocycles. The topological polar surface area (TPSA) is 46.5 Å². The predicted octanol–water partition coefficient (Wildman–Crippen LogP) is 1.46. The first kappa shape index (κ1) is 11.7. The summed E-state index contributed by atoms with van der Waals surface area (Å²) in [6.45, 7) is 1.48. The minimum atomic E-state index is -0.494. The standard InChI is InChI=1S/C11H13FO3/c1-7-5-10(12)8(3-4-13)6-9(7)11(14)15-2/h5-6,13H,3-4H2,1-2H3. The number of aliphatic hydroxyl groups excluding tert-OH is 1. The van der Waals surface area contributed by atoms with Crippen molar-refractivity contribution >= 4 is 5.97 Å². The summed E-state index contributed by atoms with van der Waals surface area (Å²) in [5.41, 5.74) is 1.19. The first-order valence-corrected chi connectivity index (χ1v) is 4.58. The van der Waals surface area contributed by atoms with E-state index in [-0.39, 0.29) is 13.0 Å². The minimum Gasteiger partial charge on any atom is -0.465 e. The van der Waals surface area contributed by atoms with E-state index in [0.717, 1.165) is 0 Å². The summed E-state index contributed by atoms with van der Waals surface area (Å²) in [5, 5.41) is 8.72. The van der Waals surface area contributed by atoms with Crippen LogP contribution in [0, 0.1) is 12.7 Å². The van der Waals surface area contributed by atoms with Crippen LogP contribution in [0.2, 0.25) is 0 Å². The van der Waals surface area contributed by atoms with Crippen molar-refractivity contribution < 1.29 is 19.0 Å². The molecule has 0 amide bonds. The molecule has 0 aliphatic carbocycles. The fraction of sp³-hybridized carbons (Fsp3) is 0.364. The lowest BCUT2D eigenvalue weighted by molar-refractivity contribution is 0.0599. The third-order valence-electron chi connectivity index (χ3n) is 2.18. The Morgan fingerprint density at radius 3 is 2.73 bits per heavy atom. The van der Waals surface area contributed by atoms with Crippen molar-refractivity contribution in [1.82, 2.24) is 0 Å². The number of halogens is 1.